The number of nitrogens with one attached hydrogen (secondary N) is 1. The SMILES string of the molecule is CCNC(Cc1ccccc1Br)c1ccoc1Br. The highest BCUT2D eigenvalue weighted by Gasteiger charge is 2.17. The summed E-state index contributed by atoms with van der Waals surface area (Å²) in [5, 5.41) is 3.49. The molecule has 2 nitrogen and oxygen atoms in total. The average Bonchev–Trinajstić information content (AvgIpc) is 2.78. The summed E-state index contributed by atoms with van der Waals surface area (Å²) in [4.78, 5) is 0. The number of hydrogen-bond donors (Lipinski definition) is 1. The molecule has 0 amide bonds. The molecule has 2 aromatic rings. The van der Waals surface area contributed by atoms with Crippen molar-refractivity contribution in [3.63, 3.8) is 0 Å². The van der Waals surface area contributed by atoms with Gasteiger partial charge in [0.2, 0.25) is 0 Å². The van der Waals surface area contributed by atoms with E-state index in [1.54, 1.807) is 6.26 Å². The van der Waals surface area contributed by atoms with Crippen molar-refractivity contribution in [3.05, 3.63) is 56.9 Å². The Morgan fingerprint density at radius 3 is 2.61 bits per heavy atom. The third-order valence-corrected chi connectivity index (χ3v) is 4.27. The Kier molecular flexibility index (Phi) is 5.03. The Labute approximate surface area is 124 Å². The summed E-state index contributed by atoms with van der Waals surface area (Å²) in [5.74, 6) is 0. The molecular weight excluding hydrogens is 358 g/mol. The molecule has 0 fully saturated rings. The summed E-state index contributed by atoms with van der Waals surface area (Å²) >= 11 is 7.05. The third kappa shape index (κ3) is 3.25. The molecule has 0 spiro atoms. The van der Waals surface area contributed by atoms with Crippen LogP contribution in [0.2, 0.25) is 0 Å². The molecule has 0 aliphatic heterocycles. The van der Waals surface area contributed by atoms with Crippen LogP contribution >= 0.6 is 31.9 Å². The maximum Gasteiger partial charge on any atom is 0.173 e. The number of likely N-dealkylation sites (N-methyl/N-ethyl adjacent to an activating group) is 1. The molecular formula is C14H15Br2NO. The zero-order valence-electron chi connectivity index (χ0n) is 10.1. The molecule has 1 aromatic heterocycles. The monoisotopic (exact) mass is 371 g/mol. The highest BCUT2D eigenvalue weighted by atomic mass is 79.9. The van der Waals surface area contributed by atoms with Gasteiger partial charge in [-0.15, -0.1) is 0 Å². The van der Waals surface area contributed by atoms with Gasteiger partial charge in [-0.05, 0) is 46.6 Å². The van der Waals surface area contributed by atoms with E-state index in [9.17, 15) is 0 Å². The maximum absolute atomic E-state index is 5.32. The van der Waals surface area contributed by atoms with Gasteiger partial charge in [-0.3, -0.25) is 0 Å². The minimum atomic E-state index is 0.252. The van der Waals surface area contributed by atoms with E-state index < -0.39 is 0 Å². The summed E-state index contributed by atoms with van der Waals surface area (Å²) in [5.41, 5.74) is 2.45. The first kappa shape index (κ1) is 13.8. The molecule has 1 aromatic carbocycles. The van der Waals surface area contributed by atoms with Gasteiger partial charge in [0.05, 0.1) is 6.26 Å². The minimum absolute atomic E-state index is 0.252. The molecule has 1 unspecified atom stereocenters. The molecule has 1 heterocycles. The second-order valence-corrected chi connectivity index (χ2v) is 5.63. The molecule has 0 saturated carbocycles. The van der Waals surface area contributed by atoms with Gasteiger partial charge in [0.15, 0.2) is 4.67 Å². The van der Waals surface area contributed by atoms with Gasteiger partial charge in [0, 0.05) is 16.1 Å². The van der Waals surface area contributed by atoms with E-state index in [1.807, 2.05) is 12.1 Å². The average molecular weight is 373 g/mol. The largest absolute Gasteiger partial charge is 0.457 e. The highest BCUT2D eigenvalue weighted by molar-refractivity contribution is 9.10. The fourth-order valence-electron chi connectivity index (χ4n) is 1.98. The van der Waals surface area contributed by atoms with Crippen LogP contribution in [0.25, 0.3) is 0 Å². The van der Waals surface area contributed by atoms with Crippen molar-refractivity contribution in [1.82, 2.24) is 5.32 Å². The number of furan rings is 1. The molecule has 0 saturated heterocycles. The van der Waals surface area contributed by atoms with Gasteiger partial charge in [0.1, 0.15) is 0 Å². The van der Waals surface area contributed by atoms with Gasteiger partial charge in [-0.1, -0.05) is 41.1 Å². The number of benzene rings is 1. The van der Waals surface area contributed by atoms with Crippen molar-refractivity contribution in [2.45, 2.75) is 19.4 Å². The van der Waals surface area contributed by atoms with E-state index >= 15 is 0 Å². The summed E-state index contributed by atoms with van der Waals surface area (Å²) in [6.45, 7) is 3.04. The van der Waals surface area contributed by atoms with Crippen LogP contribution in [0.15, 0.2) is 50.2 Å². The Balaban J connectivity index is 2.22. The third-order valence-electron chi connectivity index (χ3n) is 2.85. The quantitative estimate of drug-likeness (QED) is 0.822. The molecule has 0 aliphatic carbocycles. The number of halogens is 2. The van der Waals surface area contributed by atoms with Crippen LogP contribution in [-0.2, 0) is 6.42 Å². The zero-order valence-corrected chi connectivity index (χ0v) is 13.3. The summed E-state index contributed by atoms with van der Waals surface area (Å²) in [6.07, 6.45) is 2.64. The first-order valence-corrected chi connectivity index (χ1v) is 7.50. The maximum atomic E-state index is 5.32. The van der Waals surface area contributed by atoms with Crippen molar-refractivity contribution in [2.24, 2.45) is 0 Å². The molecule has 0 bridgehead atoms. The molecule has 4 heteroatoms. The van der Waals surface area contributed by atoms with Crippen LogP contribution in [0, 0.1) is 0 Å². The summed E-state index contributed by atoms with van der Waals surface area (Å²) in [6, 6.07) is 10.6. The summed E-state index contributed by atoms with van der Waals surface area (Å²) < 4.78 is 7.28. The van der Waals surface area contributed by atoms with Crippen LogP contribution in [0.5, 0.6) is 0 Å². The predicted molar refractivity (Wildman–Crippen MR) is 80.7 cm³/mol. The fraction of sp³-hybridized carbons (Fsp3) is 0.286. The molecule has 2 rings (SSSR count). The van der Waals surface area contributed by atoms with Gasteiger partial charge in [-0.25, -0.2) is 0 Å². The van der Waals surface area contributed by atoms with Crippen LogP contribution < -0.4 is 5.32 Å². The second-order valence-electron chi connectivity index (χ2n) is 4.06. The van der Waals surface area contributed by atoms with Crippen molar-refractivity contribution in [3.8, 4) is 0 Å². The Bertz CT molecular complexity index is 510. The first-order chi connectivity index (χ1) is 8.72. The van der Waals surface area contributed by atoms with Gasteiger partial charge in [-0.2, -0.15) is 0 Å². The van der Waals surface area contributed by atoms with Crippen LogP contribution in [0.3, 0.4) is 0 Å². The highest BCUT2D eigenvalue weighted by Crippen LogP contribution is 2.29. The molecule has 18 heavy (non-hydrogen) atoms. The number of hydrogen-bond acceptors (Lipinski definition) is 2. The standard InChI is InChI=1S/C14H15Br2NO/c1-2-17-13(11-7-8-18-14(11)16)9-10-5-3-4-6-12(10)15/h3-8,13,17H,2,9H2,1H3. The van der Waals surface area contributed by atoms with Crippen LogP contribution in [-0.4, -0.2) is 6.54 Å². The van der Waals surface area contributed by atoms with E-state index in [4.69, 9.17) is 4.42 Å². The predicted octanol–water partition coefficient (Wildman–Crippen LogP) is 4.70. The van der Waals surface area contributed by atoms with Crippen LogP contribution in [0.1, 0.15) is 24.1 Å². The second kappa shape index (κ2) is 6.55. The van der Waals surface area contributed by atoms with Crippen LogP contribution in [0.4, 0.5) is 0 Å². The van der Waals surface area contributed by atoms with E-state index in [-0.39, 0.29) is 6.04 Å². The molecule has 0 radical (unpaired) electrons. The van der Waals surface area contributed by atoms with Gasteiger partial charge < -0.3 is 9.73 Å². The lowest BCUT2D eigenvalue weighted by Gasteiger charge is -2.17. The normalized spacial score (nSPS) is 12.6. The Morgan fingerprint density at radius 2 is 2.00 bits per heavy atom. The van der Waals surface area contributed by atoms with E-state index in [1.165, 1.54) is 5.56 Å². The molecule has 1 atom stereocenters. The Morgan fingerprint density at radius 1 is 1.22 bits per heavy atom. The molecule has 1 N–H and O–H groups in total. The Hall–Kier alpha value is -0.580. The zero-order chi connectivity index (χ0) is 13.0. The van der Waals surface area contributed by atoms with Crippen molar-refractivity contribution in [2.75, 3.05) is 6.54 Å². The van der Waals surface area contributed by atoms with Crippen molar-refractivity contribution >= 4 is 31.9 Å². The lowest BCUT2D eigenvalue weighted by molar-refractivity contribution is 0.506. The van der Waals surface area contributed by atoms with Crippen molar-refractivity contribution in [1.29, 1.82) is 0 Å². The fourth-order valence-corrected chi connectivity index (χ4v) is 2.94. The summed E-state index contributed by atoms with van der Waals surface area (Å²) in [7, 11) is 0. The number of rotatable bonds is 5. The van der Waals surface area contributed by atoms with E-state index in [0.29, 0.717) is 0 Å². The van der Waals surface area contributed by atoms with Gasteiger partial charge in [0.25, 0.3) is 0 Å². The topological polar surface area (TPSA) is 25.2 Å². The van der Waals surface area contributed by atoms with E-state index in [0.717, 1.165) is 27.7 Å². The van der Waals surface area contributed by atoms with Crippen molar-refractivity contribution < 1.29 is 4.42 Å². The lowest BCUT2D eigenvalue weighted by atomic mass is 10.0. The minimum Gasteiger partial charge on any atom is -0.457 e. The lowest BCUT2D eigenvalue weighted by Crippen LogP contribution is -2.23. The smallest absolute Gasteiger partial charge is 0.173 e. The van der Waals surface area contributed by atoms with E-state index in [2.05, 4.69) is 62.3 Å². The first-order valence-electron chi connectivity index (χ1n) is 5.92. The van der Waals surface area contributed by atoms with Gasteiger partial charge >= 0.3 is 0 Å². The molecule has 0 aliphatic rings. The molecule has 96 valence electrons.